The highest BCUT2D eigenvalue weighted by Gasteiger charge is 2.30. The van der Waals surface area contributed by atoms with Gasteiger partial charge in [0.05, 0.1) is 6.04 Å². The minimum atomic E-state index is -0.611. The molecule has 0 bridgehead atoms. The van der Waals surface area contributed by atoms with Crippen LogP contribution >= 0.6 is 0 Å². The molecule has 0 aliphatic rings. The van der Waals surface area contributed by atoms with E-state index < -0.39 is 6.04 Å². The minimum Gasteiger partial charge on any atom is -0.347 e. The molecular weight excluding hydrogens is 418 g/mol. The van der Waals surface area contributed by atoms with Crippen molar-refractivity contribution >= 4 is 11.6 Å². The van der Waals surface area contributed by atoms with Gasteiger partial charge in [0.2, 0.25) is 5.91 Å². The number of carbonyl (C=O) groups excluding carboxylic acids is 1. The molecule has 0 fully saturated rings. The first kappa shape index (κ1) is 23.0. The Morgan fingerprint density at radius 2 is 1.41 bits per heavy atom. The Morgan fingerprint density at radius 1 is 0.824 bits per heavy atom. The molecule has 170 valence electrons. The minimum absolute atomic E-state index is 0.112. The number of hydrogen-bond donors (Lipinski definition) is 1. The molecule has 0 aliphatic carbocycles. The molecule has 1 heterocycles. The van der Waals surface area contributed by atoms with Gasteiger partial charge in [0, 0.05) is 29.3 Å². The lowest BCUT2D eigenvalue weighted by Gasteiger charge is -2.34. The average molecular weight is 448 g/mol. The van der Waals surface area contributed by atoms with E-state index in [2.05, 4.69) is 41.1 Å². The second kappa shape index (κ2) is 10.6. The number of pyridine rings is 1. The average Bonchev–Trinajstić information content (AvgIpc) is 2.88. The summed E-state index contributed by atoms with van der Waals surface area (Å²) < 4.78 is 0. The summed E-state index contributed by atoms with van der Waals surface area (Å²) in [5.41, 5.74) is 5.78. The normalized spacial score (nSPS) is 12.4. The summed E-state index contributed by atoms with van der Waals surface area (Å²) in [6, 6.07) is 31.4. The highest BCUT2D eigenvalue weighted by atomic mass is 16.2. The Morgan fingerprint density at radius 3 is 2.00 bits per heavy atom. The quantitative estimate of drug-likeness (QED) is 0.327. The zero-order valence-corrected chi connectivity index (χ0v) is 19.6. The first-order chi connectivity index (χ1) is 16.5. The van der Waals surface area contributed by atoms with Gasteiger partial charge in [-0.2, -0.15) is 0 Å². The topological polar surface area (TPSA) is 45.2 Å². The SMILES string of the molecule is C=C(C)N(c1ccc(-c2ccccc2)cc1)C(C(=O)N[C@@H](C)c1ccccc1)c1cccnc1. The molecule has 1 amide bonds. The van der Waals surface area contributed by atoms with Gasteiger partial charge in [0.1, 0.15) is 6.04 Å². The van der Waals surface area contributed by atoms with Crippen molar-refractivity contribution in [3.05, 3.63) is 133 Å². The number of aromatic nitrogens is 1. The van der Waals surface area contributed by atoms with Crippen LogP contribution in [0.3, 0.4) is 0 Å². The van der Waals surface area contributed by atoms with Crippen molar-refractivity contribution in [2.45, 2.75) is 25.9 Å². The fourth-order valence-corrected chi connectivity index (χ4v) is 4.11. The van der Waals surface area contributed by atoms with E-state index in [4.69, 9.17) is 0 Å². The molecule has 4 rings (SSSR count). The van der Waals surface area contributed by atoms with Crippen LogP contribution in [0.1, 0.15) is 37.1 Å². The van der Waals surface area contributed by atoms with E-state index in [1.54, 1.807) is 12.4 Å². The third kappa shape index (κ3) is 5.24. The van der Waals surface area contributed by atoms with E-state index in [-0.39, 0.29) is 11.9 Å². The highest BCUT2D eigenvalue weighted by molar-refractivity contribution is 5.88. The number of carbonyl (C=O) groups is 1. The van der Waals surface area contributed by atoms with Crippen molar-refractivity contribution in [1.29, 1.82) is 0 Å². The van der Waals surface area contributed by atoms with Gasteiger partial charge >= 0.3 is 0 Å². The molecule has 1 unspecified atom stereocenters. The number of rotatable bonds is 8. The van der Waals surface area contributed by atoms with E-state index in [9.17, 15) is 4.79 Å². The van der Waals surface area contributed by atoms with Crippen molar-refractivity contribution in [3.63, 3.8) is 0 Å². The smallest absolute Gasteiger partial charge is 0.248 e. The van der Waals surface area contributed by atoms with E-state index in [1.165, 1.54) is 0 Å². The lowest BCUT2D eigenvalue weighted by molar-refractivity contribution is -0.123. The van der Waals surface area contributed by atoms with Gasteiger partial charge in [0.15, 0.2) is 0 Å². The Labute approximate surface area is 201 Å². The summed E-state index contributed by atoms with van der Waals surface area (Å²) >= 11 is 0. The summed E-state index contributed by atoms with van der Waals surface area (Å²) in [5.74, 6) is -0.112. The second-order valence-corrected chi connectivity index (χ2v) is 8.35. The fraction of sp³-hybridized carbons (Fsp3) is 0.133. The van der Waals surface area contributed by atoms with Crippen molar-refractivity contribution in [3.8, 4) is 11.1 Å². The van der Waals surface area contributed by atoms with Crippen LogP contribution in [0.2, 0.25) is 0 Å². The maximum atomic E-state index is 13.7. The summed E-state index contributed by atoms with van der Waals surface area (Å²) in [6.07, 6.45) is 3.45. The molecule has 4 aromatic rings. The van der Waals surface area contributed by atoms with Crippen LogP contribution in [0.15, 0.2) is 122 Å². The Kier molecular flexibility index (Phi) is 7.19. The molecule has 0 saturated heterocycles. The molecule has 2 atom stereocenters. The van der Waals surface area contributed by atoms with E-state index in [0.29, 0.717) is 0 Å². The summed E-state index contributed by atoms with van der Waals surface area (Å²) in [5, 5.41) is 3.19. The van der Waals surface area contributed by atoms with Crippen molar-refractivity contribution < 1.29 is 4.79 Å². The van der Waals surface area contributed by atoms with Crippen LogP contribution in [0, 0.1) is 0 Å². The molecule has 4 heteroatoms. The van der Waals surface area contributed by atoms with Crippen LogP contribution < -0.4 is 10.2 Å². The Balaban J connectivity index is 1.68. The number of anilines is 1. The van der Waals surface area contributed by atoms with Crippen molar-refractivity contribution in [2.75, 3.05) is 4.90 Å². The molecule has 0 aliphatic heterocycles. The monoisotopic (exact) mass is 447 g/mol. The van der Waals surface area contributed by atoms with Gasteiger partial charge in [-0.15, -0.1) is 0 Å². The fourth-order valence-electron chi connectivity index (χ4n) is 4.11. The number of allylic oxidation sites excluding steroid dienone is 1. The maximum Gasteiger partial charge on any atom is 0.248 e. The second-order valence-electron chi connectivity index (χ2n) is 8.35. The summed E-state index contributed by atoms with van der Waals surface area (Å²) in [7, 11) is 0. The molecule has 3 aromatic carbocycles. The van der Waals surface area contributed by atoms with Crippen molar-refractivity contribution in [2.24, 2.45) is 0 Å². The molecule has 0 spiro atoms. The number of hydrogen-bond acceptors (Lipinski definition) is 3. The number of amides is 1. The predicted octanol–water partition coefficient (Wildman–Crippen LogP) is 6.71. The molecule has 0 saturated carbocycles. The van der Waals surface area contributed by atoms with Gasteiger partial charge in [-0.1, -0.05) is 85.4 Å². The van der Waals surface area contributed by atoms with E-state index in [0.717, 1.165) is 33.6 Å². The van der Waals surface area contributed by atoms with Crippen molar-refractivity contribution in [1.82, 2.24) is 10.3 Å². The predicted molar refractivity (Wildman–Crippen MR) is 139 cm³/mol. The van der Waals surface area contributed by atoms with Crippen LogP contribution in [0.5, 0.6) is 0 Å². The third-order valence-electron chi connectivity index (χ3n) is 5.83. The molecule has 4 nitrogen and oxygen atoms in total. The summed E-state index contributed by atoms with van der Waals surface area (Å²) in [6.45, 7) is 8.12. The highest BCUT2D eigenvalue weighted by Crippen LogP contribution is 2.33. The van der Waals surface area contributed by atoms with Gasteiger partial charge < -0.3 is 10.2 Å². The van der Waals surface area contributed by atoms with Crippen LogP contribution in [-0.2, 0) is 4.79 Å². The van der Waals surface area contributed by atoms with Gasteiger partial charge in [-0.25, -0.2) is 0 Å². The Hall–Kier alpha value is -4.18. The van der Waals surface area contributed by atoms with E-state index >= 15 is 0 Å². The van der Waals surface area contributed by atoms with Gasteiger partial charge in [0.25, 0.3) is 0 Å². The molecular formula is C30H29N3O. The maximum absolute atomic E-state index is 13.7. The first-order valence-corrected chi connectivity index (χ1v) is 11.4. The van der Waals surface area contributed by atoms with Crippen LogP contribution in [0.4, 0.5) is 5.69 Å². The third-order valence-corrected chi connectivity index (χ3v) is 5.83. The lowest BCUT2D eigenvalue weighted by atomic mass is 10.0. The number of nitrogens with zero attached hydrogens (tertiary/aromatic N) is 2. The van der Waals surface area contributed by atoms with Gasteiger partial charge in [-0.3, -0.25) is 9.78 Å². The first-order valence-electron chi connectivity index (χ1n) is 11.4. The molecule has 34 heavy (non-hydrogen) atoms. The zero-order chi connectivity index (χ0) is 23.9. The Bertz CT molecular complexity index is 1220. The van der Waals surface area contributed by atoms with Crippen LogP contribution in [-0.4, -0.2) is 10.9 Å². The lowest BCUT2D eigenvalue weighted by Crippen LogP contribution is -2.40. The largest absolute Gasteiger partial charge is 0.347 e. The molecule has 0 radical (unpaired) electrons. The zero-order valence-electron chi connectivity index (χ0n) is 19.6. The molecule has 1 N–H and O–H groups in total. The number of benzene rings is 3. The van der Waals surface area contributed by atoms with Crippen LogP contribution in [0.25, 0.3) is 11.1 Å². The number of nitrogens with one attached hydrogen (secondary N) is 1. The molecule has 1 aromatic heterocycles. The standard InChI is InChI=1S/C30H29N3O/c1-22(2)33(28-18-16-26(17-19-28)25-13-8-5-9-14-25)29(27-15-10-20-31-21-27)30(34)32-23(3)24-11-6-4-7-12-24/h4-21,23,29H,1H2,2-3H3,(H,32,34)/t23-,29?/m0/s1. The summed E-state index contributed by atoms with van der Waals surface area (Å²) in [4.78, 5) is 20.0. The van der Waals surface area contributed by atoms with Gasteiger partial charge in [-0.05, 0) is 48.7 Å². The van der Waals surface area contributed by atoms with E-state index in [1.807, 2.05) is 91.5 Å².